The van der Waals surface area contributed by atoms with Crippen molar-refractivity contribution in [3.05, 3.63) is 0 Å². The zero-order chi connectivity index (χ0) is 13.2. The molecule has 0 saturated heterocycles. The normalized spacial score (nSPS) is 18.2. The summed E-state index contributed by atoms with van der Waals surface area (Å²) < 4.78 is 9.73. The molecular formula is C12H21N3O2S. The van der Waals surface area contributed by atoms with E-state index < -0.39 is 5.60 Å². The first kappa shape index (κ1) is 13.4. The van der Waals surface area contributed by atoms with Crippen LogP contribution in [0, 0.1) is 0 Å². The molecule has 1 heterocycles. The van der Waals surface area contributed by atoms with E-state index in [9.17, 15) is 5.11 Å². The Balaban J connectivity index is 2.00. The van der Waals surface area contributed by atoms with Crippen LogP contribution in [0.4, 0.5) is 10.8 Å². The van der Waals surface area contributed by atoms with Crippen LogP contribution in [0.25, 0.3) is 0 Å². The average molecular weight is 271 g/mol. The molecule has 102 valence electrons. The number of hydrogen-bond donors (Lipinski definition) is 3. The Labute approximate surface area is 112 Å². The fourth-order valence-electron chi connectivity index (χ4n) is 2.21. The summed E-state index contributed by atoms with van der Waals surface area (Å²) in [5.74, 6) is 1.02. The first-order valence-electron chi connectivity index (χ1n) is 6.38. The number of nitrogens with one attached hydrogen (secondary N) is 1. The second-order valence-corrected chi connectivity index (χ2v) is 5.95. The summed E-state index contributed by atoms with van der Waals surface area (Å²) in [6.07, 6.45) is 3.96. The minimum absolute atomic E-state index is 0.0545. The highest BCUT2D eigenvalue weighted by Crippen LogP contribution is 2.37. The lowest BCUT2D eigenvalue weighted by Gasteiger charge is -2.22. The lowest BCUT2D eigenvalue weighted by atomic mass is 10.0. The van der Waals surface area contributed by atoms with Gasteiger partial charge in [-0.05, 0) is 38.2 Å². The van der Waals surface area contributed by atoms with Gasteiger partial charge in [0, 0.05) is 6.54 Å². The van der Waals surface area contributed by atoms with Gasteiger partial charge < -0.3 is 20.9 Å². The molecule has 1 aliphatic carbocycles. The summed E-state index contributed by atoms with van der Waals surface area (Å²) in [5.41, 5.74) is 5.19. The number of aliphatic hydroxyl groups is 1. The Bertz CT molecular complexity index is 400. The van der Waals surface area contributed by atoms with E-state index in [0.717, 1.165) is 30.7 Å². The largest absolute Gasteiger partial charge is 0.484 e. The summed E-state index contributed by atoms with van der Waals surface area (Å²) in [4.78, 5) is 0. The third-order valence-electron chi connectivity index (χ3n) is 3.14. The second-order valence-electron chi connectivity index (χ2n) is 5.18. The van der Waals surface area contributed by atoms with Crippen LogP contribution in [0.3, 0.4) is 0 Å². The predicted octanol–water partition coefficient (Wildman–Crippen LogP) is 2.23. The fraction of sp³-hybridized carbons (Fsp3) is 0.750. The van der Waals surface area contributed by atoms with Gasteiger partial charge in [-0.3, -0.25) is 0 Å². The Kier molecular flexibility index (Phi) is 3.97. The zero-order valence-corrected chi connectivity index (χ0v) is 11.7. The molecule has 18 heavy (non-hydrogen) atoms. The minimum atomic E-state index is -0.589. The van der Waals surface area contributed by atoms with Crippen molar-refractivity contribution in [2.45, 2.75) is 51.2 Å². The van der Waals surface area contributed by atoms with Gasteiger partial charge in [-0.2, -0.15) is 4.37 Å². The van der Waals surface area contributed by atoms with E-state index >= 15 is 0 Å². The van der Waals surface area contributed by atoms with Crippen LogP contribution in [-0.2, 0) is 0 Å². The van der Waals surface area contributed by atoms with Gasteiger partial charge in [-0.1, -0.05) is 12.8 Å². The number of nitrogen functional groups attached to an aromatic ring is 1. The molecule has 0 amide bonds. The third kappa shape index (κ3) is 3.05. The number of nitrogens with two attached hydrogens (primary N) is 1. The van der Waals surface area contributed by atoms with Gasteiger partial charge in [0.05, 0.1) is 11.7 Å². The molecule has 0 radical (unpaired) electrons. The predicted molar refractivity (Wildman–Crippen MR) is 74.2 cm³/mol. The highest BCUT2D eigenvalue weighted by Gasteiger charge is 2.31. The fourth-order valence-corrected chi connectivity index (χ4v) is 2.86. The standard InChI is InChI=1S/C12H21N3O2S/c1-8(2)17-9-10(13)15-18-11(9)14-7-12(16)5-3-4-6-12/h8,14,16H,3-7H2,1-2H3,(H2,13,15). The molecule has 1 fully saturated rings. The average Bonchev–Trinajstić information content (AvgIpc) is 2.86. The molecule has 0 aromatic carbocycles. The van der Waals surface area contributed by atoms with Gasteiger partial charge in [0.1, 0.15) is 0 Å². The van der Waals surface area contributed by atoms with Crippen molar-refractivity contribution >= 4 is 22.4 Å². The van der Waals surface area contributed by atoms with E-state index in [1.54, 1.807) is 0 Å². The number of anilines is 2. The van der Waals surface area contributed by atoms with Crippen LogP contribution < -0.4 is 15.8 Å². The van der Waals surface area contributed by atoms with Crippen molar-refractivity contribution < 1.29 is 9.84 Å². The Morgan fingerprint density at radius 1 is 1.50 bits per heavy atom. The number of ether oxygens (including phenoxy) is 1. The Morgan fingerprint density at radius 2 is 2.17 bits per heavy atom. The minimum Gasteiger partial charge on any atom is -0.484 e. The molecule has 5 nitrogen and oxygen atoms in total. The van der Waals surface area contributed by atoms with E-state index in [0.29, 0.717) is 18.1 Å². The third-order valence-corrected chi connectivity index (χ3v) is 3.94. The zero-order valence-electron chi connectivity index (χ0n) is 10.9. The van der Waals surface area contributed by atoms with Gasteiger partial charge in [-0.25, -0.2) is 0 Å². The number of aromatic nitrogens is 1. The summed E-state index contributed by atoms with van der Waals surface area (Å²) >= 11 is 1.28. The molecule has 1 aliphatic rings. The van der Waals surface area contributed by atoms with Crippen molar-refractivity contribution in [3.8, 4) is 5.75 Å². The smallest absolute Gasteiger partial charge is 0.197 e. The van der Waals surface area contributed by atoms with Crippen LogP contribution >= 0.6 is 11.5 Å². The topological polar surface area (TPSA) is 80.4 Å². The van der Waals surface area contributed by atoms with Crippen LogP contribution in [0.1, 0.15) is 39.5 Å². The number of nitrogens with zero attached hydrogens (tertiary/aromatic N) is 1. The molecule has 0 spiro atoms. The van der Waals surface area contributed by atoms with Crippen LogP contribution in [0.5, 0.6) is 5.75 Å². The summed E-state index contributed by atoms with van der Waals surface area (Å²) in [5, 5.41) is 14.3. The van der Waals surface area contributed by atoms with E-state index in [4.69, 9.17) is 10.5 Å². The maximum Gasteiger partial charge on any atom is 0.197 e. The SMILES string of the molecule is CC(C)Oc1c(N)nsc1NCC1(O)CCCC1. The quantitative estimate of drug-likeness (QED) is 0.765. The van der Waals surface area contributed by atoms with E-state index in [2.05, 4.69) is 9.69 Å². The van der Waals surface area contributed by atoms with Crippen molar-refractivity contribution in [1.29, 1.82) is 0 Å². The molecule has 0 aliphatic heterocycles. The maximum absolute atomic E-state index is 10.3. The summed E-state index contributed by atoms with van der Waals surface area (Å²) in [6, 6.07) is 0. The number of hydrogen-bond acceptors (Lipinski definition) is 6. The Hall–Kier alpha value is -1.01. The molecular weight excluding hydrogens is 250 g/mol. The molecule has 0 unspecified atom stereocenters. The molecule has 6 heteroatoms. The molecule has 1 saturated carbocycles. The first-order chi connectivity index (χ1) is 8.50. The molecule has 1 aromatic heterocycles. The molecule has 0 bridgehead atoms. The highest BCUT2D eigenvalue weighted by atomic mass is 32.1. The van der Waals surface area contributed by atoms with E-state index in [-0.39, 0.29) is 6.10 Å². The lowest BCUT2D eigenvalue weighted by molar-refractivity contribution is 0.0615. The van der Waals surface area contributed by atoms with Crippen LogP contribution in [-0.4, -0.2) is 27.7 Å². The Morgan fingerprint density at radius 3 is 2.78 bits per heavy atom. The van der Waals surface area contributed by atoms with Crippen molar-refractivity contribution in [1.82, 2.24) is 4.37 Å². The molecule has 1 aromatic rings. The van der Waals surface area contributed by atoms with Crippen LogP contribution in [0.15, 0.2) is 0 Å². The lowest BCUT2D eigenvalue weighted by Crippen LogP contribution is -2.33. The highest BCUT2D eigenvalue weighted by molar-refractivity contribution is 7.11. The molecule has 0 atom stereocenters. The second kappa shape index (κ2) is 5.32. The van der Waals surface area contributed by atoms with Gasteiger partial charge in [0.2, 0.25) is 0 Å². The van der Waals surface area contributed by atoms with E-state index in [1.807, 2.05) is 13.8 Å². The summed E-state index contributed by atoms with van der Waals surface area (Å²) in [6.45, 7) is 4.43. The van der Waals surface area contributed by atoms with E-state index in [1.165, 1.54) is 11.5 Å². The van der Waals surface area contributed by atoms with Crippen LogP contribution in [0.2, 0.25) is 0 Å². The van der Waals surface area contributed by atoms with Crippen molar-refractivity contribution in [3.63, 3.8) is 0 Å². The molecule has 2 rings (SSSR count). The van der Waals surface area contributed by atoms with Gasteiger partial charge >= 0.3 is 0 Å². The monoisotopic (exact) mass is 271 g/mol. The molecule has 4 N–H and O–H groups in total. The maximum atomic E-state index is 10.3. The number of rotatable bonds is 5. The van der Waals surface area contributed by atoms with Gasteiger partial charge in [0.15, 0.2) is 16.6 Å². The first-order valence-corrected chi connectivity index (χ1v) is 7.15. The van der Waals surface area contributed by atoms with Crippen molar-refractivity contribution in [2.24, 2.45) is 0 Å². The van der Waals surface area contributed by atoms with Gasteiger partial charge in [0.25, 0.3) is 0 Å². The van der Waals surface area contributed by atoms with Crippen molar-refractivity contribution in [2.75, 3.05) is 17.6 Å². The van der Waals surface area contributed by atoms with Gasteiger partial charge in [-0.15, -0.1) is 0 Å². The summed E-state index contributed by atoms with van der Waals surface area (Å²) in [7, 11) is 0.